The van der Waals surface area contributed by atoms with Crippen molar-refractivity contribution in [2.75, 3.05) is 23.7 Å². The van der Waals surface area contributed by atoms with E-state index in [1.165, 1.54) is 22.0 Å². The Labute approximate surface area is 276 Å². The summed E-state index contributed by atoms with van der Waals surface area (Å²) in [6, 6.07) is 2.06. The SMILES string of the molecule is Cc1cc(Nc2ncc(Cl)c(Nc3cn(C)nc3S(=O)(=O)C(C)C)n2)c2c(c1C1CCN(C(=O)OC(C)(C)C)CC1)CCC(C)O2. The zero-order valence-corrected chi connectivity index (χ0v) is 29.3. The summed E-state index contributed by atoms with van der Waals surface area (Å²) in [4.78, 5) is 23.5. The van der Waals surface area contributed by atoms with Crippen LogP contribution in [0.15, 0.2) is 23.5 Å². The number of ether oxygens (including phenoxy) is 2. The fourth-order valence-electron chi connectivity index (χ4n) is 5.96. The van der Waals surface area contributed by atoms with Crippen LogP contribution < -0.4 is 15.4 Å². The van der Waals surface area contributed by atoms with E-state index in [0.717, 1.165) is 42.7 Å². The number of carbonyl (C=O) groups excluding carboxylic acids is 1. The second-order valence-corrected chi connectivity index (χ2v) is 16.3. The number of anilines is 4. The number of fused-ring (bicyclic) bond motifs is 1. The van der Waals surface area contributed by atoms with Crippen molar-refractivity contribution in [3.05, 3.63) is 40.2 Å². The minimum atomic E-state index is -3.67. The Morgan fingerprint density at radius 3 is 2.50 bits per heavy atom. The van der Waals surface area contributed by atoms with Gasteiger partial charge in [0.05, 0.1) is 28.9 Å². The number of amides is 1. The van der Waals surface area contributed by atoms with E-state index >= 15 is 0 Å². The lowest BCUT2D eigenvalue weighted by Crippen LogP contribution is -2.41. The molecule has 2 aliphatic rings. The lowest BCUT2D eigenvalue weighted by atomic mass is 9.81. The number of rotatable bonds is 7. The fourth-order valence-corrected chi connectivity index (χ4v) is 7.20. The molecule has 12 nitrogen and oxygen atoms in total. The van der Waals surface area contributed by atoms with Crippen LogP contribution in [-0.2, 0) is 28.0 Å². The number of aromatic nitrogens is 4. The van der Waals surface area contributed by atoms with Gasteiger partial charge in [-0.1, -0.05) is 11.6 Å². The van der Waals surface area contributed by atoms with E-state index in [1.807, 2.05) is 20.8 Å². The molecule has 250 valence electrons. The summed E-state index contributed by atoms with van der Waals surface area (Å²) in [5.41, 5.74) is 4.07. The van der Waals surface area contributed by atoms with Crippen LogP contribution in [0.2, 0.25) is 5.02 Å². The average Bonchev–Trinajstić information content (AvgIpc) is 3.35. The third-order valence-corrected chi connectivity index (χ3v) is 10.6. The number of likely N-dealkylation sites (tertiary alicyclic amines) is 1. The van der Waals surface area contributed by atoms with Crippen molar-refractivity contribution in [3.8, 4) is 5.75 Å². The zero-order valence-electron chi connectivity index (χ0n) is 27.8. The van der Waals surface area contributed by atoms with Gasteiger partial charge < -0.3 is 25.0 Å². The zero-order chi connectivity index (χ0) is 33.6. The third kappa shape index (κ3) is 7.20. The van der Waals surface area contributed by atoms with Crippen LogP contribution in [-0.4, -0.2) is 69.2 Å². The number of benzene rings is 1. The highest BCUT2D eigenvalue weighted by Gasteiger charge is 2.33. The maximum Gasteiger partial charge on any atom is 0.410 e. The Hall–Kier alpha value is -3.58. The molecule has 0 aliphatic carbocycles. The van der Waals surface area contributed by atoms with Gasteiger partial charge in [0.2, 0.25) is 20.8 Å². The Kier molecular flexibility index (Phi) is 9.47. The summed E-state index contributed by atoms with van der Waals surface area (Å²) in [6.45, 7) is 14.3. The first-order valence-corrected chi connectivity index (χ1v) is 17.6. The molecule has 1 saturated heterocycles. The monoisotopic (exact) mass is 673 g/mol. The number of hydrogen-bond acceptors (Lipinski definition) is 10. The molecule has 1 amide bonds. The third-order valence-electron chi connectivity index (χ3n) is 8.23. The summed E-state index contributed by atoms with van der Waals surface area (Å²) >= 11 is 6.46. The predicted octanol–water partition coefficient (Wildman–Crippen LogP) is 6.67. The molecule has 5 rings (SSSR count). The molecule has 3 aromatic rings. The second kappa shape index (κ2) is 12.9. The minimum Gasteiger partial charge on any atom is -0.488 e. The van der Waals surface area contributed by atoms with Gasteiger partial charge in [0.1, 0.15) is 16.4 Å². The number of piperidine rings is 1. The molecule has 1 atom stereocenters. The van der Waals surface area contributed by atoms with Gasteiger partial charge in [-0.05, 0) is 97.3 Å². The van der Waals surface area contributed by atoms with Crippen molar-refractivity contribution in [1.29, 1.82) is 0 Å². The molecular formula is C32H44ClN7O5S. The van der Waals surface area contributed by atoms with Gasteiger partial charge >= 0.3 is 6.09 Å². The highest BCUT2D eigenvalue weighted by Crippen LogP contribution is 2.45. The molecule has 1 unspecified atom stereocenters. The molecular weight excluding hydrogens is 630 g/mol. The van der Waals surface area contributed by atoms with Crippen molar-refractivity contribution in [1.82, 2.24) is 24.6 Å². The van der Waals surface area contributed by atoms with Crippen LogP contribution in [0, 0.1) is 6.92 Å². The van der Waals surface area contributed by atoms with E-state index in [4.69, 9.17) is 21.1 Å². The second-order valence-electron chi connectivity index (χ2n) is 13.4. The summed E-state index contributed by atoms with van der Waals surface area (Å²) in [5, 5.41) is 10.1. The van der Waals surface area contributed by atoms with E-state index in [2.05, 4.69) is 45.6 Å². The maximum atomic E-state index is 13.0. The standard InChI is InChI=1S/C32H44ClN7O5S/c1-18(2)46(42,43)29-25(17-39(8)38-29)35-28-23(33)16-34-30(37-28)36-24-15-19(3)26(22-10-9-20(4)44-27(22)24)21-11-13-40(14-12-21)31(41)45-32(5,6)7/h15-18,20-21H,9-14H2,1-8H3,(H2,34,35,36,37). The predicted molar refractivity (Wildman–Crippen MR) is 179 cm³/mol. The number of sulfone groups is 1. The summed E-state index contributed by atoms with van der Waals surface area (Å²) in [7, 11) is -2.01. The first-order valence-electron chi connectivity index (χ1n) is 15.7. The molecule has 0 spiro atoms. The average molecular weight is 674 g/mol. The molecule has 0 bridgehead atoms. The Morgan fingerprint density at radius 2 is 1.85 bits per heavy atom. The molecule has 14 heteroatoms. The minimum absolute atomic E-state index is 0.0351. The number of hydrogen-bond donors (Lipinski definition) is 2. The summed E-state index contributed by atoms with van der Waals surface area (Å²) < 4.78 is 39.4. The number of nitrogens with zero attached hydrogens (tertiary/aromatic N) is 5. The van der Waals surface area contributed by atoms with Crippen molar-refractivity contribution < 1.29 is 22.7 Å². The van der Waals surface area contributed by atoms with Crippen molar-refractivity contribution in [3.63, 3.8) is 0 Å². The Bertz CT molecular complexity index is 1730. The van der Waals surface area contributed by atoms with Crippen LogP contribution >= 0.6 is 11.6 Å². The molecule has 46 heavy (non-hydrogen) atoms. The van der Waals surface area contributed by atoms with E-state index in [1.54, 1.807) is 32.0 Å². The highest BCUT2D eigenvalue weighted by atomic mass is 35.5. The van der Waals surface area contributed by atoms with Crippen LogP contribution in [0.25, 0.3) is 0 Å². The lowest BCUT2D eigenvalue weighted by Gasteiger charge is -2.36. The molecule has 1 aromatic carbocycles. The Balaban J connectivity index is 1.41. The smallest absolute Gasteiger partial charge is 0.410 e. The summed E-state index contributed by atoms with van der Waals surface area (Å²) in [5.74, 6) is 1.57. The van der Waals surface area contributed by atoms with Gasteiger partial charge in [0.15, 0.2) is 5.82 Å². The van der Waals surface area contributed by atoms with Crippen LogP contribution in [0.1, 0.15) is 83.4 Å². The number of nitrogens with one attached hydrogen (secondary N) is 2. The molecule has 0 radical (unpaired) electrons. The largest absolute Gasteiger partial charge is 0.488 e. The van der Waals surface area contributed by atoms with Gasteiger partial charge in [0.25, 0.3) is 0 Å². The van der Waals surface area contributed by atoms with Gasteiger partial charge in [-0.25, -0.2) is 18.2 Å². The van der Waals surface area contributed by atoms with E-state index < -0.39 is 20.7 Å². The molecule has 2 aromatic heterocycles. The first kappa shape index (κ1) is 33.8. The fraction of sp³-hybridized carbons (Fsp3) is 0.562. The maximum absolute atomic E-state index is 13.0. The van der Waals surface area contributed by atoms with Crippen molar-refractivity contribution in [2.45, 2.75) is 102 Å². The van der Waals surface area contributed by atoms with Crippen LogP contribution in [0.3, 0.4) is 0 Å². The van der Waals surface area contributed by atoms with Gasteiger partial charge in [-0.15, -0.1) is 0 Å². The number of halogens is 1. The van der Waals surface area contributed by atoms with E-state index in [9.17, 15) is 13.2 Å². The highest BCUT2D eigenvalue weighted by molar-refractivity contribution is 7.92. The van der Waals surface area contributed by atoms with Gasteiger partial charge in [-0.2, -0.15) is 10.1 Å². The molecule has 4 heterocycles. The topological polar surface area (TPSA) is 141 Å². The van der Waals surface area contributed by atoms with Crippen molar-refractivity contribution >= 4 is 50.7 Å². The quantitative estimate of drug-likeness (QED) is 0.279. The molecule has 2 aliphatic heterocycles. The van der Waals surface area contributed by atoms with Crippen LogP contribution in [0.5, 0.6) is 5.75 Å². The van der Waals surface area contributed by atoms with Crippen LogP contribution in [0.4, 0.5) is 27.9 Å². The van der Waals surface area contributed by atoms with Gasteiger partial charge in [-0.3, -0.25) is 4.68 Å². The van der Waals surface area contributed by atoms with Gasteiger partial charge in [0, 0.05) is 31.9 Å². The van der Waals surface area contributed by atoms with E-state index in [-0.39, 0.29) is 45.6 Å². The van der Waals surface area contributed by atoms with Crippen molar-refractivity contribution in [2.24, 2.45) is 7.05 Å². The number of aryl methyl sites for hydroxylation is 2. The first-order chi connectivity index (χ1) is 21.5. The lowest BCUT2D eigenvalue weighted by molar-refractivity contribution is 0.0204. The molecule has 2 N–H and O–H groups in total. The summed E-state index contributed by atoms with van der Waals surface area (Å²) in [6.07, 6.45) is 6.26. The molecule has 1 fully saturated rings. The Morgan fingerprint density at radius 1 is 1.15 bits per heavy atom. The number of carbonyl (C=O) groups is 1. The normalized spacial score (nSPS) is 17.4. The van der Waals surface area contributed by atoms with E-state index in [0.29, 0.717) is 13.1 Å². The molecule has 0 saturated carbocycles.